The number of hydrogen-bond acceptors (Lipinski definition) is 5. The van der Waals surface area contributed by atoms with Crippen molar-refractivity contribution in [2.45, 2.75) is 12.6 Å². The van der Waals surface area contributed by atoms with Gasteiger partial charge in [0.1, 0.15) is 0 Å². The molecule has 140 valence electrons. The maximum absolute atomic E-state index is 12.8. The quantitative estimate of drug-likeness (QED) is 0.725. The highest BCUT2D eigenvalue weighted by Crippen LogP contribution is 2.32. The average Bonchev–Trinajstić information content (AvgIpc) is 3.10. The van der Waals surface area contributed by atoms with Gasteiger partial charge in [-0.05, 0) is 41.4 Å². The Morgan fingerprint density at radius 3 is 2.67 bits per heavy atom. The second-order valence-corrected chi connectivity index (χ2v) is 5.53. The number of rotatable bonds is 5. The van der Waals surface area contributed by atoms with Crippen LogP contribution in [-0.2, 0) is 12.6 Å². The molecule has 0 spiro atoms. The Balaban J connectivity index is 1.57. The summed E-state index contributed by atoms with van der Waals surface area (Å²) in [5.74, 6) is -0.0930. The number of carbonyl (C=O) groups excluding carboxylic acids is 1. The summed E-state index contributed by atoms with van der Waals surface area (Å²) < 4.78 is 48.2. The molecule has 0 fully saturated rings. The van der Waals surface area contributed by atoms with Crippen LogP contribution in [0.2, 0.25) is 0 Å². The van der Waals surface area contributed by atoms with Gasteiger partial charge in [0, 0.05) is 24.5 Å². The second kappa shape index (κ2) is 7.90. The molecule has 0 aliphatic rings. The van der Waals surface area contributed by atoms with Crippen molar-refractivity contribution in [2.24, 2.45) is 0 Å². The summed E-state index contributed by atoms with van der Waals surface area (Å²) in [5.41, 5.74) is 0.358. The molecular formula is C18H14F3N3O3. The van der Waals surface area contributed by atoms with Gasteiger partial charge in [-0.2, -0.15) is 13.2 Å². The Hall–Kier alpha value is -3.36. The van der Waals surface area contributed by atoms with Gasteiger partial charge in [-0.3, -0.25) is 4.98 Å². The molecule has 0 saturated carbocycles. The number of carbonyl (C=O) groups is 1. The third-order valence-electron chi connectivity index (χ3n) is 3.59. The van der Waals surface area contributed by atoms with Crippen LogP contribution in [0, 0.1) is 0 Å². The molecule has 0 radical (unpaired) electrons. The number of benzene rings is 1. The summed E-state index contributed by atoms with van der Waals surface area (Å²) >= 11 is 0. The summed E-state index contributed by atoms with van der Waals surface area (Å²) in [6.07, 6.45) is -1.32. The molecule has 3 aromatic rings. The number of aromatic nitrogens is 2. The van der Waals surface area contributed by atoms with E-state index in [1.165, 1.54) is 18.2 Å². The van der Waals surface area contributed by atoms with Gasteiger partial charge in [-0.25, -0.2) is 4.79 Å². The lowest BCUT2D eigenvalue weighted by molar-refractivity contribution is -0.137. The molecule has 0 saturated heterocycles. The van der Waals surface area contributed by atoms with E-state index in [4.69, 9.17) is 9.26 Å². The Morgan fingerprint density at radius 2 is 1.93 bits per heavy atom. The van der Waals surface area contributed by atoms with Gasteiger partial charge in [0.05, 0.1) is 11.6 Å². The fraction of sp³-hybridized carbons (Fsp3) is 0.167. The highest BCUT2D eigenvalue weighted by Gasteiger charge is 2.30. The fourth-order valence-electron chi connectivity index (χ4n) is 2.28. The van der Waals surface area contributed by atoms with Gasteiger partial charge in [0.15, 0.2) is 5.76 Å². The Morgan fingerprint density at radius 1 is 1.15 bits per heavy atom. The van der Waals surface area contributed by atoms with E-state index in [0.29, 0.717) is 13.0 Å². The van der Waals surface area contributed by atoms with Crippen molar-refractivity contribution in [1.29, 1.82) is 0 Å². The lowest BCUT2D eigenvalue weighted by Gasteiger charge is -2.06. The van der Waals surface area contributed by atoms with Gasteiger partial charge in [-0.15, -0.1) is 0 Å². The van der Waals surface area contributed by atoms with E-state index in [1.54, 1.807) is 12.4 Å². The molecule has 0 unspecified atom stereocenters. The summed E-state index contributed by atoms with van der Waals surface area (Å²) in [7, 11) is 0. The molecule has 0 atom stereocenters. The van der Waals surface area contributed by atoms with E-state index in [9.17, 15) is 18.0 Å². The Kier molecular flexibility index (Phi) is 5.39. The van der Waals surface area contributed by atoms with Gasteiger partial charge in [0.25, 0.3) is 5.88 Å². The monoisotopic (exact) mass is 377 g/mol. The molecule has 1 aromatic carbocycles. The maximum atomic E-state index is 12.8. The van der Waals surface area contributed by atoms with Crippen LogP contribution in [0.4, 0.5) is 18.0 Å². The summed E-state index contributed by atoms with van der Waals surface area (Å²) in [4.78, 5) is 15.7. The number of pyridine rings is 1. The van der Waals surface area contributed by atoms with Crippen LogP contribution in [0.5, 0.6) is 5.88 Å². The zero-order valence-electron chi connectivity index (χ0n) is 13.9. The third kappa shape index (κ3) is 5.06. The van der Waals surface area contributed by atoms with Gasteiger partial charge < -0.3 is 14.6 Å². The Labute approximate surface area is 152 Å². The molecule has 0 bridgehead atoms. The average molecular weight is 377 g/mol. The first-order chi connectivity index (χ1) is 12.9. The molecule has 2 aromatic heterocycles. The fourth-order valence-corrected chi connectivity index (χ4v) is 2.28. The minimum Gasteiger partial charge on any atom is -0.388 e. The number of ether oxygens (including phenoxy) is 1. The number of halogens is 3. The van der Waals surface area contributed by atoms with Crippen LogP contribution in [0.15, 0.2) is 59.4 Å². The van der Waals surface area contributed by atoms with E-state index in [2.05, 4.69) is 15.5 Å². The van der Waals surface area contributed by atoms with Crippen molar-refractivity contribution in [3.63, 3.8) is 0 Å². The molecule has 0 aliphatic heterocycles. The topological polar surface area (TPSA) is 77.2 Å². The van der Waals surface area contributed by atoms with E-state index in [0.717, 1.165) is 17.7 Å². The minimum atomic E-state index is -4.47. The number of nitrogens with one attached hydrogen (secondary N) is 1. The minimum absolute atomic E-state index is 0.0562. The molecule has 1 N–H and O–H groups in total. The standard InChI is InChI=1S/C18H14F3N3O3/c19-18(20,21)14-3-1-2-13(10-14)15-11-16(24-27-15)26-17(25)23-9-6-12-4-7-22-8-5-12/h1-5,7-8,10-11H,6,9H2,(H,23,25). The first-order valence-electron chi connectivity index (χ1n) is 7.91. The predicted octanol–water partition coefficient (Wildman–Crippen LogP) is 4.09. The normalized spacial score (nSPS) is 11.2. The molecule has 3 rings (SSSR count). The molecule has 1 amide bonds. The third-order valence-corrected chi connectivity index (χ3v) is 3.59. The van der Waals surface area contributed by atoms with E-state index >= 15 is 0 Å². The smallest absolute Gasteiger partial charge is 0.388 e. The van der Waals surface area contributed by atoms with Crippen molar-refractivity contribution in [2.75, 3.05) is 6.54 Å². The summed E-state index contributed by atoms with van der Waals surface area (Å²) in [6, 6.07) is 9.48. The molecule has 2 heterocycles. The zero-order valence-corrected chi connectivity index (χ0v) is 13.9. The molecule has 6 nitrogen and oxygen atoms in total. The predicted molar refractivity (Wildman–Crippen MR) is 88.9 cm³/mol. The van der Waals surface area contributed by atoms with E-state index in [1.807, 2.05) is 12.1 Å². The van der Waals surface area contributed by atoms with Crippen molar-refractivity contribution >= 4 is 6.09 Å². The Bertz CT molecular complexity index is 911. The molecular weight excluding hydrogens is 363 g/mol. The number of hydrogen-bond donors (Lipinski definition) is 1. The lowest BCUT2D eigenvalue weighted by atomic mass is 10.1. The highest BCUT2D eigenvalue weighted by molar-refractivity contribution is 5.70. The van der Waals surface area contributed by atoms with Crippen LogP contribution in [0.3, 0.4) is 0 Å². The number of nitrogens with zero attached hydrogens (tertiary/aromatic N) is 2. The van der Waals surface area contributed by atoms with Crippen molar-refractivity contribution in [1.82, 2.24) is 15.5 Å². The second-order valence-electron chi connectivity index (χ2n) is 5.53. The van der Waals surface area contributed by atoms with Gasteiger partial charge in [0.2, 0.25) is 0 Å². The van der Waals surface area contributed by atoms with Crippen LogP contribution in [0.25, 0.3) is 11.3 Å². The van der Waals surface area contributed by atoms with Crippen LogP contribution >= 0.6 is 0 Å². The summed E-state index contributed by atoms with van der Waals surface area (Å²) in [5, 5.41) is 6.09. The SMILES string of the molecule is O=C(NCCc1ccncc1)Oc1cc(-c2cccc(C(F)(F)F)c2)on1. The molecule has 27 heavy (non-hydrogen) atoms. The maximum Gasteiger partial charge on any atom is 0.416 e. The van der Waals surface area contributed by atoms with E-state index in [-0.39, 0.29) is 17.2 Å². The van der Waals surface area contributed by atoms with Gasteiger partial charge >= 0.3 is 12.3 Å². The van der Waals surface area contributed by atoms with Crippen molar-refractivity contribution < 1.29 is 27.2 Å². The van der Waals surface area contributed by atoms with Crippen LogP contribution in [0.1, 0.15) is 11.1 Å². The first-order valence-corrected chi connectivity index (χ1v) is 7.91. The number of alkyl halides is 3. The van der Waals surface area contributed by atoms with Crippen LogP contribution < -0.4 is 10.1 Å². The van der Waals surface area contributed by atoms with E-state index < -0.39 is 17.8 Å². The largest absolute Gasteiger partial charge is 0.416 e. The molecule has 9 heteroatoms. The first kappa shape index (κ1) is 18.4. The lowest BCUT2D eigenvalue weighted by Crippen LogP contribution is -2.28. The van der Waals surface area contributed by atoms with Gasteiger partial charge in [-0.1, -0.05) is 12.1 Å². The highest BCUT2D eigenvalue weighted by atomic mass is 19.4. The molecule has 0 aliphatic carbocycles. The summed E-state index contributed by atoms with van der Waals surface area (Å²) in [6.45, 7) is 0.335. The van der Waals surface area contributed by atoms with Crippen LogP contribution in [-0.4, -0.2) is 22.8 Å². The van der Waals surface area contributed by atoms with Crippen molar-refractivity contribution in [3.8, 4) is 17.2 Å². The van der Waals surface area contributed by atoms with Crippen molar-refractivity contribution in [3.05, 3.63) is 66.0 Å². The zero-order chi connectivity index (χ0) is 19.3. The number of amides is 1.